The number of aromatic nitrogens is 5. The van der Waals surface area contributed by atoms with Gasteiger partial charge < -0.3 is 13.9 Å². The third-order valence-corrected chi connectivity index (χ3v) is 5.93. The summed E-state index contributed by atoms with van der Waals surface area (Å²) in [4.78, 5) is 24.9. The topological polar surface area (TPSA) is 103 Å². The number of hydrogen-bond acceptors (Lipinski definition) is 7. The Kier molecular flexibility index (Phi) is 5.52. The summed E-state index contributed by atoms with van der Waals surface area (Å²) in [5.74, 6) is 0.963. The average Bonchev–Trinajstić information content (AvgIpc) is 3.55. The minimum Gasteiger partial charge on any atom is -0.467 e. The third kappa shape index (κ3) is 4.36. The second-order valence-electron chi connectivity index (χ2n) is 7.46. The van der Waals surface area contributed by atoms with Crippen LogP contribution in [0.25, 0.3) is 22.4 Å². The third-order valence-electron chi connectivity index (χ3n) is 4.97. The molecule has 0 fully saturated rings. The fourth-order valence-electron chi connectivity index (χ4n) is 3.41. The zero-order valence-electron chi connectivity index (χ0n) is 17.6. The predicted molar refractivity (Wildman–Crippen MR) is 117 cm³/mol. The Balaban J connectivity index is 1.42. The number of rotatable bonds is 6. The smallest absolute Gasteiger partial charge is 0.416 e. The molecule has 1 aromatic carbocycles. The number of H-pyrrole nitrogens is 1. The number of furan rings is 1. The van der Waals surface area contributed by atoms with Gasteiger partial charge in [-0.3, -0.25) is 9.36 Å². The summed E-state index contributed by atoms with van der Waals surface area (Å²) < 4.78 is 51.1. The first-order chi connectivity index (χ1) is 16.3. The molecule has 4 heterocycles. The lowest BCUT2D eigenvalue weighted by Gasteiger charge is -2.09. The van der Waals surface area contributed by atoms with Gasteiger partial charge in [-0.1, -0.05) is 29.1 Å². The van der Waals surface area contributed by atoms with Gasteiger partial charge in [0, 0.05) is 11.3 Å². The standard InChI is InChI=1S/C22H16F3N5O3S/c1-12-8-16-18(26-12)20(31)30(10-15-6-3-7-32-15)21(27-16)34-11-17-28-19(29-33-17)13-4-2-5-14(9-13)22(23,24)25/h2-9,26H,10-11H2,1H3. The molecule has 5 rings (SSSR count). The van der Waals surface area contributed by atoms with Gasteiger partial charge in [0.25, 0.3) is 5.56 Å². The van der Waals surface area contributed by atoms with Crippen molar-refractivity contribution >= 4 is 22.8 Å². The molecule has 0 atom stereocenters. The molecule has 0 saturated heterocycles. The van der Waals surface area contributed by atoms with Crippen LogP contribution in [0.15, 0.2) is 67.6 Å². The summed E-state index contributed by atoms with van der Waals surface area (Å²) in [6.45, 7) is 2.01. The van der Waals surface area contributed by atoms with Crippen molar-refractivity contribution in [3.05, 3.63) is 82.0 Å². The number of benzene rings is 1. The summed E-state index contributed by atoms with van der Waals surface area (Å²) in [6, 6.07) is 9.96. The summed E-state index contributed by atoms with van der Waals surface area (Å²) in [7, 11) is 0. The second-order valence-corrected chi connectivity index (χ2v) is 8.40. The molecular formula is C22H16F3N5O3S. The van der Waals surface area contributed by atoms with Crippen LogP contribution >= 0.6 is 11.8 Å². The van der Waals surface area contributed by atoms with E-state index in [1.54, 1.807) is 18.2 Å². The number of nitrogens with one attached hydrogen (secondary N) is 1. The van der Waals surface area contributed by atoms with Gasteiger partial charge in [0.15, 0.2) is 5.16 Å². The number of hydrogen-bond donors (Lipinski definition) is 1. The van der Waals surface area contributed by atoms with Crippen molar-refractivity contribution in [3.63, 3.8) is 0 Å². The molecule has 0 aliphatic heterocycles. The van der Waals surface area contributed by atoms with Crippen molar-refractivity contribution in [2.75, 3.05) is 0 Å². The summed E-state index contributed by atoms with van der Waals surface area (Å²) in [5.41, 5.74) is 0.842. The first-order valence-corrected chi connectivity index (χ1v) is 11.0. The normalized spacial score (nSPS) is 12.0. The highest BCUT2D eigenvalue weighted by atomic mass is 32.2. The van der Waals surface area contributed by atoms with Crippen LogP contribution < -0.4 is 5.56 Å². The molecule has 34 heavy (non-hydrogen) atoms. The molecule has 0 saturated carbocycles. The molecule has 0 amide bonds. The van der Waals surface area contributed by atoms with Crippen LogP contribution in [-0.4, -0.2) is 24.7 Å². The van der Waals surface area contributed by atoms with E-state index in [9.17, 15) is 18.0 Å². The van der Waals surface area contributed by atoms with Gasteiger partial charge in [0.2, 0.25) is 11.7 Å². The van der Waals surface area contributed by atoms with E-state index >= 15 is 0 Å². The van der Waals surface area contributed by atoms with Crippen molar-refractivity contribution in [2.24, 2.45) is 0 Å². The van der Waals surface area contributed by atoms with Crippen molar-refractivity contribution < 1.29 is 22.1 Å². The van der Waals surface area contributed by atoms with Gasteiger partial charge in [0.05, 0.1) is 29.6 Å². The average molecular weight is 487 g/mol. The van der Waals surface area contributed by atoms with E-state index < -0.39 is 11.7 Å². The van der Waals surface area contributed by atoms with Crippen LogP contribution in [0.1, 0.15) is 22.9 Å². The molecule has 4 aromatic heterocycles. The molecule has 1 N–H and O–H groups in total. The van der Waals surface area contributed by atoms with Crippen molar-refractivity contribution in [2.45, 2.75) is 30.6 Å². The Labute approximate surface area is 193 Å². The molecule has 0 aliphatic rings. The minimum atomic E-state index is -4.48. The van der Waals surface area contributed by atoms with E-state index in [4.69, 9.17) is 8.94 Å². The van der Waals surface area contributed by atoms with Crippen molar-refractivity contribution in [3.8, 4) is 11.4 Å². The zero-order valence-corrected chi connectivity index (χ0v) is 18.4. The molecule has 0 spiro atoms. The number of aryl methyl sites for hydroxylation is 1. The number of alkyl halides is 3. The largest absolute Gasteiger partial charge is 0.467 e. The zero-order chi connectivity index (χ0) is 23.9. The Bertz CT molecular complexity index is 1520. The van der Waals surface area contributed by atoms with E-state index in [-0.39, 0.29) is 35.1 Å². The van der Waals surface area contributed by atoms with Crippen LogP contribution in [0.2, 0.25) is 0 Å². The molecule has 0 radical (unpaired) electrons. The Morgan fingerprint density at radius 1 is 1.15 bits per heavy atom. The van der Waals surface area contributed by atoms with E-state index in [1.807, 2.05) is 6.92 Å². The Hall–Kier alpha value is -3.80. The lowest BCUT2D eigenvalue weighted by atomic mass is 10.1. The molecular weight excluding hydrogens is 471 g/mol. The number of nitrogens with zero attached hydrogens (tertiary/aromatic N) is 4. The first kappa shape index (κ1) is 22.0. The second kappa shape index (κ2) is 8.52. The van der Waals surface area contributed by atoms with Gasteiger partial charge in [-0.2, -0.15) is 18.2 Å². The maximum absolute atomic E-state index is 13.1. The van der Waals surface area contributed by atoms with Crippen molar-refractivity contribution in [1.29, 1.82) is 0 Å². The first-order valence-electron chi connectivity index (χ1n) is 10.0. The molecule has 0 aliphatic carbocycles. The Morgan fingerprint density at radius 2 is 2.00 bits per heavy atom. The van der Waals surface area contributed by atoms with Crippen LogP contribution in [0.4, 0.5) is 13.2 Å². The molecule has 174 valence electrons. The lowest BCUT2D eigenvalue weighted by molar-refractivity contribution is -0.137. The number of aromatic amines is 1. The van der Waals surface area contributed by atoms with Gasteiger partial charge in [-0.25, -0.2) is 4.98 Å². The highest BCUT2D eigenvalue weighted by Crippen LogP contribution is 2.32. The van der Waals surface area contributed by atoms with E-state index in [0.29, 0.717) is 22.0 Å². The van der Waals surface area contributed by atoms with Crippen LogP contribution in [0.3, 0.4) is 0 Å². The van der Waals surface area contributed by atoms with Crippen LogP contribution in [0, 0.1) is 6.92 Å². The van der Waals surface area contributed by atoms with Gasteiger partial charge >= 0.3 is 6.18 Å². The maximum Gasteiger partial charge on any atom is 0.416 e. The van der Waals surface area contributed by atoms with Crippen LogP contribution in [-0.2, 0) is 18.5 Å². The van der Waals surface area contributed by atoms with E-state index in [1.165, 1.54) is 34.7 Å². The fourth-order valence-corrected chi connectivity index (χ4v) is 4.25. The van der Waals surface area contributed by atoms with Gasteiger partial charge in [-0.15, -0.1) is 0 Å². The summed E-state index contributed by atoms with van der Waals surface area (Å²) >= 11 is 1.20. The van der Waals surface area contributed by atoms with Crippen LogP contribution in [0.5, 0.6) is 0 Å². The highest BCUT2D eigenvalue weighted by molar-refractivity contribution is 7.98. The number of halogens is 3. The lowest BCUT2D eigenvalue weighted by Crippen LogP contribution is -2.23. The van der Waals surface area contributed by atoms with E-state index in [0.717, 1.165) is 17.8 Å². The predicted octanol–water partition coefficient (Wildman–Crippen LogP) is 5.04. The highest BCUT2D eigenvalue weighted by Gasteiger charge is 2.30. The maximum atomic E-state index is 13.1. The number of fused-ring (bicyclic) bond motifs is 1. The molecule has 12 heteroatoms. The van der Waals surface area contributed by atoms with E-state index in [2.05, 4.69) is 20.1 Å². The van der Waals surface area contributed by atoms with Crippen molar-refractivity contribution in [1.82, 2.24) is 24.7 Å². The summed E-state index contributed by atoms with van der Waals surface area (Å²) in [5, 5.41) is 4.21. The van der Waals surface area contributed by atoms with Gasteiger partial charge in [-0.05, 0) is 37.3 Å². The fraction of sp³-hybridized carbons (Fsp3) is 0.182. The monoisotopic (exact) mass is 487 g/mol. The quantitative estimate of drug-likeness (QED) is 0.265. The molecule has 5 aromatic rings. The Morgan fingerprint density at radius 3 is 2.76 bits per heavy atom. The molecule has 0 unspecified atom stereocenters. The summed E-state index contributed by atoms with van der Waals surface area (Å²) in [6.07, 6.45) is -2.96. The molecule has 8 nitrogen and oxygen atoms in total. The number of thioether (sulfide) groups is 1. The SMILES string of the molecule is Cc1cc2nc(SCc3nc(-c4cccc(C(F)(F)F)c4)no3)n(Cc3ccco3)c(=O)c2[nH]1. The molecule has 0 bridgehead atoms. The van der Waals surface area contributed by atoms with Gasteiger partial charge in [0.1, 0.15) is 11.3 Å². The minimum absolute atomic E-state index is 0.0411.